The molecule has 0 saturated heterocycles. The van der Waals surface area contributed by atoms with Crippen molar-refractivity contribution in [1.29, 1.82) is 0 Å². The van der Waals surface area contributed by atoms with Gasteiger partial charge in [-0.3, -0.25) is 0 Å². The second-order valence-corrected chi connectivity index (χ2v) is 5.96. The molecule has 3 rings (SSSR count). The largest absolute Gasteiger partial charge is 0.354 e. The third-order valence-corrected chi connectivity index (χ3v) is 3.94. The molecule has 1 aromatic heterocycles. The van der Waals surface area contributed by atoms with Crippen LogP contribution < -0.4 is 5.32 Å². The summed E-state index contributed by atoms with van der Waals surface area (Å²) in [6.07, 6.45) is -0.0416. The quantitative estimate of drug-likeness (QED) is 0.748. The van der Waals surface area contributed by atoms with Gasteiger partial charge in [0.05, 0.1) is 5.52 Å². The highest BCUT2D eigenvalue weighted by atomic mass is 32.1. The van der Waals surface area contributed by atoms with Crippen molar-refractivity contribution in [2.24, 2.45) is 5.92 Å². The molecule has 1 heterocycles. The van der Waals surface area contributed by atoms with Crippen molar-refractivity contribution in [2.45, 2.75) is 20.0 Å². The van der Waals surface area contributed by atoms with Gasteiger partial charge in [-0.2, -0.15) is 0 Å². The zero-order chi connectivity index (χ0) is 15.5. The van der Waals surface area contributed by atoms with Crippen LogP contribution in [-0.4, -0.2) is 20.0 Å². The molecule has 4 nitrogen and oxygen atoms in total. The molecule has 0 aliphatic rings. The highest BCUT2D eigenvalue weighted by Crippen LogP contribution is 2.20. The van der Waals surface area contributed by atoms with E-state index in [0.717, 1.165) is 21.6 Å². The van der Waals surface area contributed by atoms with E-state index >= 15 is 0 Å². The van der Waals surface area contributed by atoms with Crippen molar-refractivity contribution in [3.05, 3.63) is 60.2 Å². The number of nitrogens with one attached hydrogen (secondary N) is 1. The number of benzene rings is 2. The van der Waals surface area contributed by atoms with E-state index in [2.05, 4.69) is 29.5 Å². The first-order valence-electron chi connectivity index (χ1n) is 7.32. The van der Waals surface area contributed by atoms with E-state index < -0.39 is 0 Å². The first kappa shape index (κ1) is 14.7. The van der Waals surface area contributed by atoms with Gasteiger partial charge >= 0.3 is 0 Å². The van der Waals surface area contributed by atoms with E-state index in [0.29, 0.717) is 5.92 Å². The summed E-state index contributed by atoms with van der Waals surface area (Å²) in [5.41, 5.74) is 2.90. The minimum absolute atomic E-state index is 0.0416. The Bertz CT molecular complexity index is 779. The van der Waals surface area contributed by atoms with Crippen LogP contribution in [0.15, 0.2) is 54.6 Å². The Hall–Kier alpha value is -2.27. The number of rotatable bonds is 4. The highest BCUT2D eigenvalue weighted by Gasteiger charge is 2.20. The topological polar surface area (TPSA) is 42.7 Å². The lowest BCUT2D eigenvalue weighted by Gasteiger charge is -2.24. The van der Waals surface area contributed by atoms with E-state index in [1.807, 2.05) is 59.3 Å². The molecule has 0 saturated carbocycles. The smallest absolute Gasteiger partial charge is 0.125 e. The van der Waals surface area contributed by atoms with E-state index in [1.54, 1.807) is 0 Å². The summed E-state index contributed by atoms with van der Waals surface area (Å²) >= 11 is 5.54. The summed E-state index contributed by atoms with van der Waals surface area (Å²) in [4.78, 5) is 0.721. The predicted octanol–water partition coefficient (Wildman–Crippen LogP) is 3.55. The molecule has 1 N–H and O–H groups in total. The van der Waals surface area contributed by atoms with Gasteiger partial charge in [-0.25, -0.2) is 4.68 Å². The van der Waals surface area contributed by atoms with E-state index in [4.69, 9.17) is 12.2 Å². The molecule has 22 heavy (non-hydrogen) atoms. The van der Waals surface area contributed by atoms with Gasteiger partial charge < -0.3 is 5.32 Å². The van der Waals surface area contributed by atoms with Crippen LogP contribution in [0.1, 0.15) is 25.6 Å². The van der Waals surface area contributed by atoms with Crippen LogP contribution in [0.25, 0.3) is 11.0 Å². The Labute approximate surface area is 135 Å². The molecule has 1 atom stereocenters. The highest BCUT2D eigenvalue weighted by molar-refractivity contribution is 7.80. The molecule has 0 aliphatic heterocycles. The predicted molar refractivity (Wildman–Crippen MR) is 92.7 cm³/mol. The van der Waals surface area contributed by atoms with Crippen molar-refractivity contribution in [3.63, 3.8) is 0 Å². The number of hydrogen-bond donors (Lipinski definition) is 1. The Morgan fingerprint density at radius 1 is 1.05 bits per heavy atom. The van der Waals surface area contributed by atoms with Crippen molar-refractivity contribution >= 4 is 28.2 Å². The monoisotopic (exact) mass is 310 g/mol. The molecule has 0 radical (unpaired) electrons. The lowest BCUT2D eigenvalue weighted by molar-refractivity contribution is 0.327. The molecule has 5 heteroatoms. The maximum Gasteiger partial charge on any atom is 0.125 e. The fourth-order valence-corrected chi connectivity index (χ4v) is 2.67. The van der Waals surface area contributed by atoms with Crippen LogP contribution >= 0.6 is 12.2 Å². The number of para-hydroxylation sites is 1. The number of thiocarbonyl (C=S) groups is 1. The maximum absolute atomic E-state index is 5.54. The summed E-state index contributed by atoms with van der Waals surface area (Å²) < 4.78 is 1.91. The van der Waals surface area contributed by atoms with Crippen molar-refractivity contribution in [2.75, 3.05) is 0 Å². The lowest BCUT2D eigenvalue weighted by atomic mass is 10.1. The Kier molecular flexibility index (Phi) is 4.15. The maximum atomic E-state index is 5.54. The molecule has 0 bridgehead atoms. The van der Waals surface area contributed by atoms with Crippen LogP contribution in [0.2, 0.25) is 0 Å². The van der Waals surface area contributed by atoms with Gasteiger partial charge in [-0.1, -0.05) is 73.7 Å². The first-order valence-corrected chi connectivity index (χ1v) is 7.73. The SMILES string of the molecule is CC(C)C(NC(=S)c1ccccc1)n1nnc2ccccc21. The summed E-state index contributed by atoms with van der Waals surface area (Å²) in [6.45, 7) is 4.28. The number of nitrogens with zero attached hydrogens (tertiary/aromatic N) is 3. The van der Waals surface area contributed by atoms with Gasteiger partial charge in [-0.05, 0) is 18.1 Å². The first-order chi connectivity index (χ1) is 10.7. The second-order valence-electron chi connectivity index (χ2n) is 5.55. The zero-order valence-corrected chi connectivity index (χ0v) is 13.4. The van der Waals surface area contributed by atoms with Crippen LogP contribution in [0.5, 0.6) is 0 Å². The van der Waals surface area contributed by atoms with Crippen molar-refractivity contribution < 1.29 is 0 Å². The van der Waals surface area contributed by atoms with Crippen LogP contribution in [0.4, 0.5) is 0 Å². The summed E-state index contributed by atoms with van der Waals surface area (Å²) in [5, 5.41) is 12.0. The lowest BCUT2D eigenvalue weighted by Crippen LogP contribution is -2.35. The number of hydrogen-bond acceptors (Lipinski definition) is 3. The minimum Gasteiger partial charge on any atom is -0.354 e. The minimum atomic E-state index is -0.0416. The fourth-order valence-electron chi connectivity index (χ4n) is 2.41. The second kappa shape index (κ2) is 6.23. The Balaban J connectivity index is 1.92. The average Bonchev–Trinajstić information content (AvgIpc) is 2.96. The number of aromatic nitrogens is 3. The van der Waals surface area contributed by atoms with Gasteiger partial charge in [0, 0.05) is 5.56 Å². The summed E-state index contributed by atoms with van der Waals surface area (Å²) in [7, 11) is 0. The molecule has 0 aliphatic carbocycles. The van der Waals surface area contributed by atoms with Gasteiger partial charge in [-0.15, -0.1) is 5.10 Å². The van der Waals surface area contributed by atoms with E-state index in [1.165, 1.54) is 0 Å². The van der Waals surface area contributed by atoms with Crippen LogP contribution in [0.3, 0.4) is 0 Å². The number of fused-ring (bicyclic) bond motifs is 1. The fraction of sp³-hybridized carbons (Fsp3) is 0.235. The van der Waals surface area contributed by atoms with Gasteiger partial charge in [0.25, 0.3) is 0 Å². The third-order valence-electron chi connectivity index (χ3n) is 3.59. The average molecular weight is 310 g/mol. The molecule has 0 fully saturated rings. The van der Waals surface area contributed by atoms with Crippen molar-refractivity contribution in [3.8, 4) is 0 Å². The molecule has 2 aromatic carbocycles. The molecule has 0 amide bonds. The summed E-state index contributed by atoms with van der Waals surface area (Å²) in [6, 6.07) is 17.9. The molecule has 3 aromatic rings. The standard InChI is InChI=1S/C17H18N4S/c1-12(2)16(18-17(22)13-8-4-3-5-9-13)21-15-11-7-6-10-14(15)19-20-21/h3-12,16H,1-2H3,(H,18,22). The molecular formula is C17H18N4S. The van der Waals surface area contributed by atoms with Crippen LogP contribution in [0, 0.1) is 5.92 Å². The molecule has 1 unspecified atom stereocenters. The Morgan fingerprint density at radius 3 is 2.45 bits per heavy atom. The molecule has 112 valence electrons. The molecule has 0 spiro atoms. The van der Waals surface area contributed by atoms with Gasteiger partial charge in [0.2, 0.25) is 0 Å². The molecular weight excluding hydrogens is 292 g/mol. The zero-order valence-electron chi connectivity index (χ0n) is 12.6. The van der Waals surface area contributed by atoms with Gasteiger partial charge in [0.1, 0.15) is 16.7 Å². The normalized spacial score (nSPS) is 12.5. The van der Waals surface area contributed by atoms with E-state index in [9.17, 15) is 0 Å². The van der Waals surface area contributed by atoms with E-state index in [-0.39, 0.29) is 6.17 Å². The van der Waals surface area contributed by atoms with Gasteiger partial charge in [0.15, 0.2) is 0 Å². The summed E-state index contributed by atoms with van der Waals surface area (Å²) in [5.74, 6) is 0.312. The Morgan fingerprint density at radius 2 is 1.73 bits per heavy atom. The third kappa shape index (κ3) is 2.85. The van der Waals surface area contributed by atoms with Crippen molar-refractivity contribution in [1.82, 2.24) is 20.3 Å². The van der Waals surface area contributed by atoms with Crippen LogP contribution in [-0.2, 0) is 0 Å².